The molecule has 0 spiro atoms. The van der Waals surface area contributed by atoms with E-state index < -0.39 is 0 Å². The molecule has 0 heterocycles. The van der Waals surface area contributed by atoms with Crippen molar-refractivity contribution in [1.29, 1.82) is 0 Å². The number of carbonyl (C=O) groups excluding carboxylic acids is 1. The average Bonchev–Trinajstić information content (AvgIpc) is 2.16. The lowest BCUT2D eigenvalue weighted by molar-refractivity contribution is -0.120. The third kappa shape index (κ3) is 3.95. The van der Waals surface area contributed by atoms with Crippen LogP contribution in [0.25, 0.3) is 0 Å². The van der Waals surface area contributed by atoms with Crippen LogP contribution in [0.2, 0.25) is 0 Å². The number of benzene rings is 1. The molecular weight excluding hydrogens is 186 g/mol. The summed E-state index contributed by atoms with van der Waals surface area (Å²) in [7, 11) is 0. The zero-order chi connectivity index (χ0) is 9.52. The first kappa shape index (κ1) is 10.1. The van der Waals surface area contributed by atoms with Crippen LogP contribution in [0.15, 0.2) is 30.3 Å². The second-order valence-corrected chi connectivity index (χ2v) is 3.08. The zero-order valence-corrected chi connectivity index (χ0v) is 8.05. The minimum Gasteiger partial charge on any atom is -0.355 e. The molecule has 3 heteroatoms. The maximum Gasteiger partial charge on any atom is 0.224 e. The predicted octanol–water partition coefficient (Wildman–Crippen LogP) is 1.58. The number of rotatable bonds is 4. The van der Waals surface area contributed by atoms with Crippen molar-refractivity contribution in [3.8, 4) is 0 Å². The van der Waals surface area contributed by atoms with Crippen LogP contribution in [-0.4, -0.2) is 18.3 Å². The molecular formula is C10H12ClNO. The van der Waals surface area contributed by atoms with Gasteiger partial charge in [-0.2, -0.15) is 0 Å². The van der Waals surface area contributed by atoms with E-state index in [0.717, 1.165) is 5.56 Å². The van der Waals surface area contributed by atoms with Gasteiger partial charge in [-0.3, -0.25) is 4.79 Å². The van der Waals surface area contributed by atoms with E-state index in [2.05, 4.69) is 5.32 Å². The normalized spacial score (nSPS) is 9.62. The minimum atomic E-state index is 0.0202. The summed E-state index contributed by atoms with van der Waals surface area (Å²) in [5.74, 6) is 0.479. The fourth-order valence-electron chi connectivity index (χ4n) is 1.03. The monoisotopic (exact) mass is 197 g/mol. The first-order valence-corrected chi connectivity index (χ1v) is 4.73. The van der Waals surface area contributed by atoms with Gasteiger partial charge in [-0.15, -0.1) is 11.6 Å². The molecule has 13 heavy (non-hydrogen) atoms. The topological polar surface area (TPSA) is 29.1 Å². The molecule has 70 valence electrons. The lowest BCUT2D eigenvalue weighted by Gasteiger charge is -2.02. The molecule has 1 rings (SSSR count). The van der Waals surface area contributed by atoms with Crippen LogP contribution in [0.4, 0.5) is 0 Å². The van der Waals surface area contributed by atoms with E-state index in [9.17, 15) is 4.79 Å². The molecule has 0 saturated carbocycles. The van der Waals surface area contributed by atoms with Gasteiger partial charge in [0.05, 0.1) is 6.42 Å². The van der Waals surface area contributed by atoms with Crippen LogP contribution in [0.1, 0.15) is 5.56 Å². The lowest BCUT2D eigenvalue weighted by atomic mass is 10.1. The summed E-state index contributed by atoms with van der Waals surface area (Å²) in [4.78, 5) is 11.2. The van der Waals surface area contributed by atoms with Gasteiger partial charge in [-0.25, -0.2) is 0 Å². The van der Waals surface area contributed by atoms with Gasteiger partial charge in [0, 0.05) is 12.4 Å². The molecule has 0 atom stereocenters. The van der Waals surface area contributed by atoms with E-state index in [1.165, 1.54) is 0 Å². The Morgan fingerprint density at radius 1 is 1.31 bits per heavy atom. The highest BCUT2D eigenvalue weighted by Gasteiger charge is 2.00. The molecule has 0 bridgehead atoms. The number of carbonyl (C=O) groups is 1. The van der Waals surface area contributed by atoms with Crippen LogP contribution in [-0.2, 0) is 11.2 Å². The number of halogens is 1. The molecule has 1 amide bonds. The Bertz CT molecular complexity index is 261. The van der Waals surface area contributed by atoms with Gasteiger partial charge >= 0.3 is 0 Å². The summed E-state index contributed by atoms with van der Waals surface area (Å²) in [5.41, 5.74) is 1.02. The van der Waals surface area contributed by atoms with Crippen molar-refractivity contribution in [3.63, 3.8) is 0 Å². The van der Waals surface area contributed by atoms with Crippen molar-refractivity contribution in [1.82, 2.24) is 5.32 Å². The SMILES string of the molecule is O=C(Cc1ccccc1)NCCCl. The Labute approximate surface area is 82.9 Å². The van der Waals surface area contributed by atoms with Crippen LogP contribution in [0.5, 0.6) is 0 Å². The van der Waals surface area contributed by atoms with Gasteiger partial charge in [-0.1, -0.05) is 30.3 Å². The smallest absolute Gasteiger partial charge is 0.224 e. The van der Waals surface area contributed by atoms with E-state index in [4.69, 9.17) is 11.6 Å². The summed E-state index contributed by atoms with van der Waals surface area (Å²) in [5, 5.41) is 2.71. The van der Waals surface area contributed by atoms with E-state index in [1.54, 1.807) is 0 Å². The Morgan fingerprint density at radius 3 is 2.62 bits per heavy atom. The predicted molar refractivity (Wildman–Crippen MR) is 53.9 cm³/mol. The number of alkyl halides is 1. The number of nitrogens with one attached hydrogen (secondary N) is 1. The van der Waals surface area contributed by atoms with Crippen molar-refractivity contribution in [3.05, 3.63) is 35.9 Å². The molecule has 2 nitrogen and oxygen atoms in total. The Kier molecular flexibility index (Phi) is 4.33. The van der Waals surface area contributed by atoms with Crippen molar-refractivity contribution < 1.29 is 4.79 Å². The van der Waals surface area contributed by atoms with Crippen molar-refractivity contribution in [2.45, 2.75) is 6.42 Å². The number of hydrogen-bond donors (Lipinski definition) is 1. The van der Waals surface area contributed by atoms with Gasteiger partial charge in [-0.05, 0) is 5.56 Å². The average molecular weight is 198 g/mol. The molecule has 1 aromatic carbocycles. The van der Waals surface area contributed by atoms with Gasteiger partial charge in [0.15, 0.2) is 0 Å². The highest BCUT2D eigenvalue weighted by Crippen LogP contribution is 1.98. The van der Waals surface area contributed by atoms with Crippen molar-refractivity contribution in [2.24, 2.45) is 0 Å². The standard InChI is InChI=1S/C10H12ClNO/c11-6-7-12-10(13)8-9-4-2-1-3-5-9/h1-5H,6-8H2,(H,12,13). The third-order valence-corrected chi connectivity index (χ3v) is 1.81. The quantitative estimate of drug-likeness (QED) is 0.730. The first-order valence-electron chi connectivity index (χ1n) is 4.19. The number of hydrogen-bond acceptors (Lipinski definition) is 1. The van der Waals surface area contributed by atoms with Gasteiger partial charge in [0.2, 0.25) is 5.91 Å². The summed E-state index contributed by atoms with van der Waals surface area (Å²) < 4.78 is 0. The molecule has 1 N–H and O–H groups in total. The molecule has 1 aromatic rings. The van der Waals surface area contributed by atoms with Crippen molar-refractivity contribution in [2.75, 3.05) is 12.4 Å². The summed E-state index contributed by atoms with van der Waals surface area (Å²) in [6.45, 7) is 0.535. The largest absolute Gasteiger partial charge is 0.355 e. The van der Waals surface area contributed by atoms with Gasteiger partial charge < -0.3 is 5.32 Å². The highest BCUT2D eigenvalue weighted by molar-refractivity contribution is 6.18. The van der Waals surface area contributed by atoms with Crippen LogP contribution in [0.3, 0.4) is 0 Å². The minimum absolute atomic E-state index is 0.0202. The zero-order valence-electron chi connectivity index (χ0n) is 7.29. The molecule has 0 saturated heterocycles. The van der Waals surface area contributed by atoms with E-state index in [-0.39, 0.29) is 5.91 Å². The van der Waals surface area contributed by atoms with E-state index in [1.807, 2.05) is 30.3 Å². The Hall–Kier alpha value is -1.02. The van der Waals surface area contributed by atoms with E-state index in [0.29, 0.717) is 18.8 Å². The fourth-order valence-corrected chi connectivity index (χ4v) is 1.12. The van der Waals surface area contributed by atoms with Crippen molar-refractivity contribution >= 4 is 17.5 Å². The third-order valence-electron chi connectivity index (χ3n) is 1.62. The van der Waals surface area contributed by atoms with Crippen LogP contribution >= 0.6 is 11.6 Å². The Morgan fingerprint density at radius 2 is 2.00 bits per heavy atom. The van der Waals surface area contributed by atoms with Crippen LogP contribution < -0.4 is 5.32 Å². The molecule has 0 aromatic heterocycles. The van der Waals surface area contributed by atoms with Crippen LogP contribution in [0, 0.1) is 0 Å². The summed E-state index contributed by atoms with van der Waals surface area (Å²) in [6.07, 6.45) is 0.428. The molecule has 0 aliphatic carbocycles. The molecule has 0 fully saturated rings. The maximum absolute atomic E-state index is 11.2. The molecule has 0 aliphatic rings. The Balaban J connectivity index is 2.37. The van der Waals surface area contributed by atoms with E-state index >= 15 is 0 Å². The maximum atomic E-state index is 11.2. The fraction of sp³-hybridized carbons (Fsp3) is 0.300. The second kappa shape index (κ2) is 5.60. The summed E-state index contributed by atoms with van der Waals surface area (Å²) in [6, 6.07) is 9.63. The highest BCUT2D eigenvalue weighted by atomic mass is 35.5. The van der Waals surface area contributed by atoms with Gasteiger partial charge in [0.1, 0.15) is 0 Å². The molecule has 0 aliphatic heterocycles. The number of amides is 1. The lowest BCUT2D eigenvalue weighted by Crippen LogP contribution is -2.26. The first-order chi connectivity index (χ1) is 6.33. The molecule has 0 unspecified atom stereocenters. The second-order valence-electron chi connectivity index (χ2n) is 2.70. The summed E-state index contributed by atoms with van der Waals surface area (Å²) >= 11 is 5.43. The van der Waals surface area contributed by atoms with Gasteiger partial charge in [0.25, 0.3) is 0 Å². The molecule has 0 radical (unpaired) electrons.